The van der Waals surface area contributed by atoms with Gasteiger partial charge in [0.05, 0.1) is 6.42 Å². The zero-order valence-corrected chi connectivity index (χ0v) is 14.3. The molecule has 0 atom stereocenters. The van der Waals surface area contributed by atoms with Gasteiger partial charge in [-0.25, -0.2) is 22.0 Å². The molecule has 4 nitrogen and oxygen atoms in total. The third kappa shape index (κ3) is 4.60. The van der Waals surface area contributed by atoms with Gasteiger partial charge in [0.25, 0.3) is 5.91 Å². The fourth-order valence-corrected chi connectivity index (χ4v) is 2.17. The van der Waals surface area contributed by atoms with Crippen molar-refractivity contribution < 1.29 is 36.3 Å². The molecule has 27 heavy (non-hydrogen) atoms. The molecule has 1 N–H and O–H groups in total. The average molecular weight is 387 g/mol. The third-order valence-electron chi connectivity index (χ3n) is 3.76. The molecule has 0 bridgehead atoms. The minimum atomic E-state index is -2.34. The van der Waals surface area contributed by atoms with Gasteiger partial charge in [-0.2, -0.15) is 0 Å². The van der Waals surface area contributed by atoms with Gasteiger partial charge >= 0.3 is 5.97 Å². The van der Waals surface area contributed by atoms with Crippen LogP contribution in [0.3, 0.4) is 0 Å². The fraction of sp³-hybridized carbons (Fsp3) is 0.222. The Labute approximate surface area is 150 Å². The first-order chi connectivity index (χ1) is 12.6. The number of carbonyl (C=O) groups excluding carboxylic acids is 2. The Kier molecular flexibility index (Phi) is 6.14. The van der Waals surface area contributed by atoms with Crippen LogP contribution in [0.15, 0.2) is 18.2 Å². The lowest BCUT2D eigenvalue weighted by atomic mass is 10.0. The minimum absolute atomic E-state index is 0.156. The quantitative estimate of drug-likeness (QED) is 0.368. The van der Waals surface area contributed by atoms with E-state index in [2.05, 4.69) is 4.74 Å². The number of halogens is 5. The van der Waals surface area contributed by atoms with Crippen molar-refractivity contribution in [3.05, 3.63) is 64.0 Å². The van der Waals surface area contributed by atoms with E-state index in [1.807, 2.05) is 13.8 Å². The normalized spacial score (nSPS) is 10.6. The topological polar surface area (TPSA) is 55.4 Å². The van der Waals surface area contributed by atoms with Crippen LogP contribution in [0, 0.1) is 42.9 Å². The van der Waals surface area contributed by atoms with Crippen LogP contribution >= 0.6 is 0 Å². The Hall–Kier alpha value is -2.97. The van der Waals surface area contributed by atoms with Crippen molar-refractivity contribution in [3.8, 4) is 0 Å². The predicted molar refractivity (Wildman–Crippen MR) is 85.4 cm³/mol. The molecule has 0 aliphatic carbocycles. The van der Waals surface area contributed by atoms with Crippen molar-refractivity contribution in [3.63, 3.8) is 0 Å². The summed E-state index contributed by atoms with van der Waals surface area (Å²) < 4.78 is 70.7. The summed E-state index contributed by atoms with van der Waals surface area (Å²) in [6.45, 7) is 2.78. The summed E-state index contributed by atoms with van der Waals surface area (Å²) >= 11 is 0. The molecule has 0 aliphatic heterocycles. The second kappa shape index (κ2) is 8.15. The van der Waals surface area contributed by atoms with Crippen LogP contribution in [0.5, 0.6) is 0 Å². The van der Waals surface area contributed by atoms with Gasteiger partial charge in [0.2, 0.25) is 5.82 Å². The highest BCUT2D eigenvalue weighted by molar-refractivity contribution is 5.93. The summed E-state index contributed by atoms with van der Waals surface area (Å²) in [5, 5.41) is 1.51. The van der Waals surface area contributed by atoms with Gasteiger partial charge in [-0.3, -0.25) is 9.59 Å². The molecule has 0 fully saturated rings. The number of esters is 1. The maximum atomic E-state index is 13.5. The molecule has 0 saturated heterocycles. The Morgan fingerprint density at radius 1 is 0.889 bits per heavy atom. The van der Waals surface area contributed by atoms with E-state index in [9.17, 15) is 31.5 Å². The Morgan fingerprint density at radius 3 is 2.00 bits per heavy atom. The summed E-state index contributed by atoms with van der Waals surface area (Å²) in [5.74, 6) is -13.2. The number of hydrogen-bond acceptors (Lipinski definition) is 3. The van der Waals surface area contributed by atoms with E-state index in [0.717, 1.165) is 11.1 Å². The van der Waals surface area contributed by atoms with Gasteiger partial charge in [-0.1, -0.05) is 18.2 Å². The van der Waals surface area contributed by atoms with Crippen molar-refractivity contribution >= 4 is 17.6 Å². The van der Waals surface area contributed by atoms with Crippen LogP contribution in [0.2, 0.25) is 0 Å². The largest absolute Gasteiger partial charge is 0.455 e. The van der Waals surface area contributed by atoms with E-state index in [1.165, 1.54) is 5.32 Å². The van der Waals surface area contributed by atoms with Crippen LogP contribution in [0.4, 0.5) is 27.6 Å². The van der Waals surface area contributed by atoms with Gasteiger partial charge in [0.15, 0.2) is 29.9 Å². The average Bonchev–Trinajstić information content (AvgIpc) is 2.63. The summed E-state index contributed by atoms with van der Waals surface area (Å²) in [6, 6.07) is 5.25. The summed E-state index contributed by atoms with van der Waals surface area (Å²) in [5.41, 5.74) is 1.09. The molecule has 0 unspecified atom stereocenters. The number of aryl methyl sites for hydroxylation is 2. The molecule has 0 aromatic heterocycles. The lowest BCUT2D eigenvalue weighted by Crippen LogP contribution is -2.23. The van der Waals surface area contributed by atoms with Crippen LogP contribution in [-0.4, -0.2) is 18.5 Å². The summed E-state index contributed by atoms with van der Waals surface area (Å²) in [7, 11) is 0. The molecule has 9 heteroatoms. The third-order valence-corrected chi connectivity index (χ3v) is 3.76. The highest BCUT2D eigenvalue weighted by Crippen LogP contribution is 2.27. The van der Waals surface area contributed by atoms with E-state index in [4.69, 9.17) is 0 Å². The van der Waals surface area contributed by atoms with E-state index in [1.54, 1.807) is 18.2 Å². The maximum absolute atomic E-state index is 13.5. The van der Waals surface area contributed by atoms with Crippen molar-refractivity contribution in [2.75, 3.05) is 11.9 Å². The van der Waals surface area contributed by atoms with E-state index in [-0.39, 0.29) is 6.42 Å². The van der Waals surface area contributed by atoms with Crippen LogP contribution in [-0.2, 0) is 20.7 Å². The maximum Gasteiger partial charge on any atom is 0.310 e. The van der Waals surface area contributed by atoms with E-state index in [0.29, 0.717) is 5.56 Å². The summed E-state index contributed by atoms with van der Waals surface area (Å²) in [4.78, 5) is 23.4. The second-order valence-corrected chi connectivity index (χ2v) is 5.75. The number of rotatable bonds is 5. The molecule has 2 aromatic rings. The fourth-order valence-electron chi connectivity index (χ4n) is 2.17. The van der Waals surface area contributed by atoms with Gasteiger partial charge in [0, 0.05) is 0 Å². The molecule has 0 heterocycles. The first-order valence-electron chi connectivity index (χ1n) is 7.64. The number of anilines is 1. The molecular formula is C18H14F5NO3. The zero-order chi connectivity index (χ0) is 20.3. The minimum Gasteiger partial charge on any atom is -0.455 e. The number of nitrogens with one attached hydrogen (secondary N) is 1. The molecule has 2 aromatic carbocycles. The smallest absolute Gasteiger partial charge is 0.310 e. The molecule has 0 aliphatic rings. The first-order valence-corrected chi connectivity index (χ1v) is 7.64. The number of ether oxygens (including phenoxy) is 1. The zero-order valence-electron chi connectivity index (χ0n) is 14.3. The van der Waals surface area contributed by atoms with Crippen molar-refractivity contribution in [2.45, 2.75) is 20.3 Å². The molecular weight excluding hydrogens is 373 g/mol. The second-order valence-electron chi connectivity index (χ2n) is 5.75. The van der Waals surface area contributed by atoms with E-state index < -0.39 is 53.3 Å². The molecule has 0 radical (unpaired) electrons. The van der Waals surface area contributed by atoms with Crippen molar-refractivity contribution in [2.24, 2.45) is 0 Å². The van der Waals surface area contributed by atoms with Crippen LogP contribution in [0.1, 0.15) is 16.7 Å². The van der Waals surface area contributed by atoms with Gasteiger partial charge in [-0.05, 0) is 30.5 Å². The van der Waals surface area contributed by atoms with Crippen molar-refractivity contribution in [1.82, 2.24) is 0 Å². The Morgan fingerprint density at radius 2 is 1.44 bits per heavy atom. The van der Waals surface area contributed by atoms with Crippen molar-refractivity contribution in [1.29, 1.82) is 0 Å². The Balaban J connectivity index is 1.98. The molecule has 0 spiro atoms. The number of benzene rings is 2. The molecule has 1 amide bonds. The predicted octanol–water partition coefficient (Wildman–Crippen LogP) is 3.72. The van der Waals surface area contributed by atoms with E-state index >= 15 is 0 Å². The highest BCUT2D eigenvalue weighted by atomic mass is 19.2. The lowest BCUT2D eigenvalue weighted by molar-refractivity contribution is -0.146. The number of amides is 1. The monoisotopic (exact) mass is 387 g/mol. The first kappa shape index (κ1) is 20.3. The van der Waals surface area contributed by atoms with Crippen LogP contribution in [0.25, 0.3) is 0 Å². The van der Waals surface area contributed by atoms with Gasteiger partial charge in [0.1, 0.15) is 5.69 Å². The van der Waals surface area contributed by atoms with Gasteiger partial charge < -0.3 is 10.1 Å². The molecule has 144 valence electrons. The Bertz CT molecular complexity index is 885. The number of hydrogen-bond donors (Lipinski definition) is 1. The summed E-state index contributed by atoms with van der Waals surface area (Å²) in [6.07, 6.45) is -0.156. The standard InChI is InChI=1S/C18H14F5NO3/c1-8-3-4-10(5-9(8)2)6-12(26)27-7-11(25)24-18-16(22)14(20)13(19)15(21)17(18)23/h3-5H,6-7H2,1-2H3,(H,24,25). The molecule has 2 rings (SSSR count). The lowest BCUT2D eigenvalue weighted by Gasteiger charge is -2.10. The van der Waals surface area contributed by atoms with Gasteiger partial charge in [-0.15, -0.1) is 0 Å². The number of carbonyl (C=O) groups is 2. The van der Waals surface area contributed by atoms with Crippen LogP contribution < -0.4 is 5.32 Å². The SMILES string of the molecule is Cc1ccc(CC(=O)OCC(=O)Nc2c(F)c(F)c(F)c(F)c2F)cc1C. The molecule has 0 saturated carbocycles. The highest BCUT2D eigenvalue weighted by Gasteiger charge is 2.27.